The first-order valence-corrected chi connectivity index (χ1v) is 12.1. The fourth-order valence-corrected chi connectivity index (χ4v) is 4.43. The second kappa shape index (κ2) is 9.30. The zero-order valence-electron chi connectivity index (χ0n) is 20.4. The molecule has 2 heterocycles. The van der Waals surface area contributed by atoms with Gasteiger partial charge in [-0.25, -0.2) is 0 Å². The first-order valence-electron chi connectivity index (χ1n) is 11.0. The number of thioether (sulfide) groups is 1. The maximum absolute atomic E-state index is 12.8. The third kappa shape index (κ3) is 6.60. The molecule has 0 saturated carbocycles. The summed E-state index contributed by atoms with van der Waals surface area (Å²) in [4.78, 5) is 40.6. The molecular weight excluding hydrogens is 418 g/mol. The molecule has 0 amide bonds. The highest BCUT2D eigenvalue weighted by atomic mass is 32.2. The molecule has 4 atom stereocenters. The van der Waals surface area contributed by atoms with Gasteiger partial charge in [0, 0.05) is 24.6 Å². The quantitative estimate of drug-likeness (QED) is 0.472. The van der Waals surface area contributed by atoms with Crippen LogP contribution in [0.2, 0.25) is 0 Å². The fraction of sp³-hybridized carbons (Fsp3) is 0.870. The molecule has 2 saturated heterocycles. The van der Waals surface area contributed by atoms with E-state index in [1.807, 2.05) is 0 Å². The zero-order chi connectivity index (χ0) is 23.8. The number of carbonyl (C=O) groups excluding carboxylic acids is 3. The van der Waals surface area contributed by atoms with E-state index in [0.717, 1.165) is 18.1 Å². The molecule has 0 radical (unpaired) electrons. The van der Waals surface area contributed by atoms with Crippen molar-refractivity contribution in [3.05, 3.63) is 0 Å². The van der Waals surface area contributed by atoms with E-state index < -0.39 is 40.5 Å². The number of ether oxygens (including phenoxy) is 3. The molecule has 31 heavy (non-hydrogen) atoms. The number of piperidine rings is 1. The second-order valence-corrected chi connectivity index (χ2v) is 12.7. The van der Waals surface area contributed by atoms with Gasteiger partial charge in [-0.15, -0.1) is 0 Å². The lowest BCUT2D eigenvalue weighted by atomic mass is 9.91. The average molecular weight is 458 g/mol. The highest BCUT2D eigenvalue weighted by Gasteiger charge is 2.52. The van der Waals surface area contributed by atoms with Crippen molar-refractivity contribution >= 4 is 29.7 Å². The largest absolute Gasteiger partial charge is 0.456 e. The van der Waals surface area contributed by atoms with Gasteiger partial charge in [-0.1, -0.05) is 0 Å². The van der Waals surface area contributed by atoms with Gasteiger partial charge in [0.15, 0.2) is 18.3 Å². The summed E-state index contributed by atoms with van der Waals surface area (Å²) < 4.78 is 17.8. The summed E-state index contributed by atoms with van der Waals surface area (Å²) in [6.07, 6.45) is -2.28. The van der Waals surface area contributed by atoms with Crippen molar-refractivity contribution in [2.75, 3.05) is 24.6 Å². The minimum atomic E-state index is -0.857. The Morgan fingerprint density at radius 1 is 0.742 bits per heavy atom. The normalized spacial score (nSPS) is 27.8. The number of carbonyl (C=O) groups is 3. The summed E-state index contributed by atoms with van der Waals surface area (Å²) in [6.45, 7) is 17.3. The molecule has 7 nitrogen and oxygen atoms in total. The molecular formula is C23H39NO6S. The summed E-state index contributed by atoms with van der Waals surface area (Å²) in [5.41, 5.74) is -2.15. The Labute approximate surface area is 190 Å². The smallest absolute Gasteiger partial charge is 0.311 e. The molecule has 2 fully saturated rings. The third-order valence-electron chi connectivity index (χ3n) is 5.35. The Bertz CT molecular complexity index is 688. The van der Waals surface area contributed by atoms with Crippen LogP contribution in [0, 0.1) is 16.2 Å². The lowest BCUT2D eigenvalue weighted by molar-refractivity contribution is -0.213. The van der Waals surface area contributed by atoms with Crippen LogP contribution in [0.5, 0.6) is 0 Å². The van der Waals surface area contributed by atoms with Crippen LogP contribution in [-0.2, 0) is 28.6 Å². The lowest BCUT2D eigenvalue weighted by Crippen LogP contribution is -2.67. The Hall–Kier alpha value is -1.28. The van der Waals surface area contributed by atoms with Crippen LogP contribution in [0.15, 0.2) is 0 Å². The topological polar surface area (TPSA) is 82.1 Å². The fourth-order valence-electron chi connectivity index (χ4n) is 3.26. The number of hydrogen-bond acceptors (Lipinski definition) is 8. The van der Waals surface area contributed by atoms with Gasteiger partial charge >= 0.3 is 17.9 Å². The van der Waals surface area contributed by atoms with Crippen LogP contribution < -0.4 is 0 Å². The van der Waals surface area contributed by atoms with E-state index in [0.29, 0.717) is 6.54 Å². The Morgan fingerprint density at radius 3 is 1.68 bits per heavy atom. The van der Waals surface area contributed by atoms with Crippen LogP contribution in [0.25, 0.3) is 0 Å². The van der Waals surface area contributed by atoms with Crippen LogP contribution in [0.3, 0.4) is 0 Å². The zero-order valence-corrected chi connectivity index (χ0v) is 21.3. The van der Waals surface area contributed by atoms with Crippen molar-refractivity contribution in [3.8, 4) is 0 Å². The van der Waals surface area contributed by atoms with Gasteiger partial charge in [0.2, 0.25) is 0 Å². The summed E-state index contributed by atoms with van der Waals surface area (Å²) in [5.74, 6) is 0.546. The molecule has 0 aromatic heterocycles. The molecule has 178 valence electrons. The third-order valence-corrected chi connectivity index (χ3v) is 6.39. The van der Waals surface area contributed by atoms with Crippen LogP contribution in [0.4, 0.5) is 0 Å². The molecule has 0 N–H and O–H groups in total. The summed E-state index contributed by atoms with van der Waals surface area (Å²) in [5, 5.41) is 0. The highest BCUT2D eigenvalue weighted by Crippen LogP contribution is 2.34. The minimum absolute atomic E-state index is 0.104. The summed E-state index contributed by atoms with van der Waals surface area (Å²) in [6, 6.07) is -0.104. The average Bonchev–Trinajstić information content (AvgIpc) is 2.61. The maximum atomic E-state index is 12.8. The van der Waals surface area contributed by atoms with Crippen molar-refractivity contribution in [1.82, 2.24) is 4.90 Å². The van der Waals surface area contributed by atoms with E-state index in [-0.39, 0.29) is 18.0 Å². The van der Waals surface area contributed by atoms with Gasteiger partial charge in [-0.2, -0.15) is 11.8 Å². The number of fused-ring (bicyclic) bond motifs is 1. The Balaban J connectivity index is 2.42. The first kappa shape index (κ1) is 26.0. The number of rotatable bonds is 3. The number of hydrogen-bond donors (Lipinski definition) is 0. The Morgan fingerprint density at radius 2 is 1.19 bits per heavy atom. The summed E-state index contributed by atoms with van der Waals surface area (Å²) in [7, 11) is 0. The van der Waals surface area contributed by atoms with Crippen molar-refractivity contribution in [3.63, 3.8) is 0 Å². The van der Waals surface area contributed by atoms with E-state index in [4.69, 9.17) is 14.2 Å². The van der Waals surface area contributed by atoms with Crippen LogP contribution in [-0.4, -0.2) is 71.8 Å². The van der Waals surface area contributed by atoms with Crippen molar-refractivity contribution in [2.45, 2.75) is 86.7 Å². The van der Waals surface area contributed by atoms with E-state index in [1.165, 1.54) is 0 Å². The number of esters is 3. The molecule has 0 unspecified atom stereocenters. The molecule has 2 aliphatic rings. The SMILES string of the molecule is CC(C)(C)C(=O)O[C@H]1[C@H](OC(=O)C(C)(C)C)[C@@H]2CSCCN2C[C@H]1OC(=O)C(C)(C)C. The predicted octanol–water partition coefficient (Wildman–Crippen LogP) is 3.29. The molecule has 0 aromatic rings. The Kier molecular flexibility index (Phi) is 7.79. The molecule has 0 bridgehead atoms. The second-order valence-electron chi connectivity index (χ2n) is 11.6. The molecule has 0 aromatic carbocycles. The molecule has 0 aliphatic carbocycles. The monoisotopic (exact) mass is 457 g/mol. The van der Waals surface area contributed by atoms with E-state index in [9.17, 15) is 14.4 Å². The van der Waals surface area contributed by atoms with Gasteiger partial charge in [0.25, 0.3) is 0 Å². The highest BCUT2D eigenvalue weighted by molar-refractivity contribution is 7.99. The van der Waals surface area contributed by atoms with Gasteiger partial charge in [0.05, 0.1) is 22.3 Å². The maximum Gasteiger partial charge on any atom is 0.311 e. The van der Waals surface area contributed by atoms with E-state index in [2.05, 4.69) is 4.90 Å². The molecule has 8 heteroatoms. The van der Waals surface area contributed by atoms with Crippen molar-refractivity contribution < 1.29 is 28.6 Å². The number of nitrogens with zero attached hydrogens (tertiary/aromatic N) is 1. The van der Waals surface area contributed by atoms with Crippen molar-refractivity contribution in [1.29, 1.82) is 0 Å². The molecule has 2 rings (SSSR count). The van der Waals surface area contributed by atoms with Gasteiger partial charge in [0.1, 0.15) is 0 Å². The first-order chi connectivity index (χ1) is 14.0. The summed E-state index contributed by atoms with van der Waals surface area (Å²) >= 11 is 1.78. The molecule has 2 aliphatic heterocycles. The predicted molar refractivity (Wildman–Crippen MR) is 121 cm³/mol. The van der Waals surface area contributed by atoms with E-state index in [1.54, 1.807) is 74.1 Å². The van der Waals surface area contributed by atoms with Gasteiger partial charge in [-0.05, 0) is 62.3 Å². The lowest BCUT2D eigenvalue weighted by Gasteiger charge is -2.49. The molecule has 0 spiro atoms. The van der Waals surface area contributed by atoms with Crippen LogP contribution in [0.1, 0.15) is 62.3 Å². The van der Waals surface area contributed by atoms with Crippen LogP contribution >= 0.6 is 11.8 Å². The van der Waals surface area contributed by atoms with Crippen molar-refractivity contribution in [2.24, 2.45) is 16.2 Å². The minimum Gasteiger partial charge on any atom is -0.456 e. The van der Waals surface area contributed by atoms with E-state index >= 15 is 0 Å². The van der Waals surface area contributed by atoms with Gasteiger partial charge in [-0.3, -0.25) is 19.3 Å². The van der Waals surface area contributed by atoms with Gasteiger partial charge < -0.3 is 14.2 Å². The standard InChI is InChI=1S/C23H39NO6S/c1-21(2,3)18(25)28-15-12-24-10-11-31-13-14(24)16(29-19(26)22(4,5)6)17(15)30-20(27)23(7,8)9/h14-17H,10-13H2,1-9H3/t14-,15+,16+,17+/m0/s1.